The van der Waals surface area contributed by atoms with Gasteiger partial charge in [-0.1, -0.05) is 48.0 Å². The van der Waals surface area contributed by atoms with Crippen LogP contribution in [-0.4, -0.2) is 47.9 Å². The Bertz CT molecular complexity index is 1170. The number of aromatic nitrogens is 1. The number of likely N-dealkylation sites (N-methyl/N-ethyl adjacent to an activating group) is 1. The van der Waals surface area contributed by atoms with Crippen molar-refractivity contribution in [1.82, 2.24) is 9.88 Å². The normalized spacial score (nSPS) is 11.6. The summed E-state index contributed by atoms with van der Waals surface area (Å²) in [5.41, 5.74) is 0.534. The van der Waals surface area contributed by atoms with Crippen LogP contribution in [0.4, 0.5) is 15.0 Å². The van der Waals surface area contributed by atoms with Crippen LogP contribution in [0.1, 0.15) is 24.8 Å². The number of fused-ring (bicyclic) bond motifs is 1. The molecule has 3 rings (SSSR count). The number of amides is 2. The lowest BCUT2D eigenvalue weighted by Crippen LogP contribution is -2.41. The highest BCUT2D eigenvalue weighted by atomic mass is 35.5. The van der Waals surface area contributed by atoms with Gasteiger partial charge in [0.05, 0.1) is 11.1 Å². The Morgan fingerprint density at radius 3 is 2.74 bits per heavy atom. The average molecular weight is 486 g/mol. The SMILES string of the molecule is CN(C(=O)CCc1cccc(F)c1Cl)[C@@H](CCC=O)COC(=O)Nc1cc2ccccc2cn1. The number of rotatable bonds is 10. The van der Waals surface area contributed by atoms with Gasteiger partial charge in [0.25, 0.3) is 0 Å². The first-order valence-corrected chi connectivity index (χ1v) is 11.2. The number of pyridine rings is 1. The summed E-state index contributed by atoms with van der Waals surface area (Å²) < 4.78 is 18.9. The summed E-state index contributed by atoms with van der Waals surface area (Å²) in [7, 11) is 1.58. The van der Waals surface area contributed by atoms with Gasteiger partial charge in [0.1, 0.15) is 24.5 Å². The van der Waals surface area contributed by atoms with Crippen LogP contribution in [0.3, 0.4) is 0 Å². The predicted octanol–water partition coefficient (Wildman–Crippen LogP) is 5.01. The van der Waals surface area contributed by atoms with Crippen LogP contribution in [0, 0.1) is 5.82 Å². The Morgan fingerprint density at radius 1 is 1.21 bits per heavy atom. The summed E-state index contributed by atoms with van der Waals surface area (Å²) in [6.45, 7) is -0.101. The maximum Gasteiger partial charge on any atom is 0.412 e. The summed E-state index contributed by atoms with van der Waals surface area (Å²) >= 11 is 5.96. The summed E-state index contributed by atoms with van der Waals surface area (Å²) in [6.07, 6.45) is 2.56. The molecule has 0 aliphatic rings. The van der Waals surface area contributed by atoms with Crippen LogP contribution in [0.2, 0.25) is 5.02 Å². The number of carbonyl (C=O) groups excluding carboxylic acids is 3. The molecule has 0 unspecified atom stereocenters. The molecule has 3 aromatic rings. The van der Waals surface area contributed by atoms with Crippen molar-refractivity contribution in [3.8, 4) is 0 Å². The second-order valence-corrected chi connectivity index (χ2v) is 8.13. The maximum absolute atomic E-state index is 13.6. The minimum Gasteiger partial charge on any atom is -0.447 e. The maximum atomic E-state index is 13.6. The monoisotopic (exact) mass is 485 g/mol. The van der Waals surface area contributed by atoms with Crippen LogP contribution in [-0.2, 0) is 20.7 Å². The van der Waals surface area contributed by atoms with Crippen molar-refractivity contribution in [3.63, 3.8) is 0 Å². The standard InChI is InChI=1S/C25H25ClFN3O4/c1-30(23(32)12-11-17-8-4-10-21(27)24(17)26)20(9-5-13-31)16-34-25(33)29-22-14-18-6-2-3-7-19(18)15-28-22/h2-4,6-8,10,13-15,20H,5,9,11-12,16H2,1H3,(H,28,29,33)/t20-/m0/s1. The Kier molecular flexibility index (Phi) is 8.93. The van der Waals surface area contributed by atoms with Crippen LogP contribution in [0.25, 0.3) is 10.8 Å². The molecule has 2 aromatic carbocycles. The minimum absolute atomic E-state index is 0.00207. The largest absolute Gasteiger partial charge is 0.447 e. The molecule has 0 radical (unpaired) electrons. The zero-order valence-corrected chi connectivity index (χ0v) is 19.4. The highest BCUT2D eigenvalue weighted by Gasteiger charge is 2.22. The fraction of sp³-hybridized carbons (Fsp3) is 0.280. The van der Waals surface area contributed by atoms with Crippen LogP contribution in [0.5, 0.6) is 0 Å². The molecule has 0 aliphatic heterocycles. The molecule has 0 saturated heterocycles. The summed E-state index contributed by atoms with van der Waals surface area (Å²) in [5.74, 6) is -0.440. The van der Waals surface area contributed by atoms with E-state index in [9.17, 15) is 18.8 Å². The van der Waals surface area contributed by atoms with Gasteiger partial charge in [-0.2, -0.15) is 0 Å². The first kappa shape index (κ1) is 25.1. The van der Waals surface area contributed by atoms with Gasteiger partial charge in [-0.3, -0.25) is 10.1 Å². The molecule has 1 N–H and O–H groups in total. The molecule has 9 heteroatoms. The number of aldehydes is 1. The van der Waals surface area contributed by atoms with Gasteiger partial charge >= 0.3 is 6.09 Å². The van der Waals surface area contributed by atoms with E-state index in [1.165, 1.54) is 17.0 Å². The fourth-order valence-corrected chi connectivity index (χ4v) is 3.70. The summed E-state index contributed by atoms with van der Waals surface area (Å²) in [5, 5.41) is 4.43. The molecule has 0 saturated carbocycles. The number of hydrogen-bond acceptors (Lipinski definition) is 5. The van der Waals surface area contributed by atoms with Crippen molar-refractivity contribution in [2.45, 2.75) is 31.7 Å². The third-order valence-electron chi connectivity index (χ3n) is 5.47. The van der Waals surface area contributed by atoms with E-state index >= 15 is 0 Å². The first-order chi connectivity index (χ1) is 16.4. The Hall–Kier alpha value is -3.52. The number of nitrogens with one attached hydrogen (secondary N) is 1. The van der Waals surface area contributed by atoms with Gasteiger partial charge in [0, 0.05) is 31.5 Å². The Labute approximate surface area is 201 Å². The lowest BCUT2D eigenvalue weighted by atomic mass is 10.1. The van der Waals surface area contributed by atoms with E-state index in [0.29, 0.717) is 17.8 Å². The molecule has 0 fully saturated rings. The lowest BCUT2D eigenvalue weighted by molar-refractivity contribution is -0.133. The molecular formula is C25H25ClFN3O4. The molecular weight excluding hydrogens is 461 g/mol. The number of ether oxygens (including phenoxy) is 1. The topological polar surface area (TPSA) is 88.6 Å². The third-order valence-corrected chi connectivity index (χ3v) is 5.89. The molecule has 1 aromatic heterocycles. The quantitative estimate of drug-likeness (QED) is 0.407. The number of benzene rings is 2. The van der Waals surface area contributed by atoms with Gasteiger partial charge < -0.3 is 14.4 Å². The second kappa shape index (κ2) is 12.1. The highest BCUT2D eigenvalue weighted by molar-refractivity contribution is 6.31. The fourth-order valence-electron chi connectivity index (χ4n) is 3.48. The molecule has 0 bridgehead atoms. The Balaban J connectivity index is 1.56. The number of hydrogen-bond donors (Lipinski definition) is 1. The van der Waals surface area contributed by atoms with Crippen molar-refractivity contribution in [1.29, 1.82) is 0 Å². The minimum atomic E-state index is -0.716. The van der Waals surface area contributed by atoms with E-state index in [1.807, 2.05) is 24.3 Å². The van der Waals surface area contributed by atoms with Crippen LogP contribution in [0.15, 0.2) is 54.7 Å². The van der Waals surface area contributed by atoms with E-state index < -0.39 is 18.0 Å². The Morgan fingerprint density at radius 2 is 1.97 bits per heavy atom. The average Bonchev–Trinajstić information content (AvgIpc) is 2.84. The zero-order valence-electron chi connectivity index (χ0n) is 18.7. The molecule has 1 atom stereocenters. The predicted molar refractivity (Wildman–Crippen MR) is 128 cm³/mol. The van der Waals surface area contributed by atoms with Gasteiger partial charge in [-0.05, 0) is 35.9 Å². The van der Waals surface area contributed by atoms with Gasteiger partial charge in [0.2, 0.25) is 5.91 Å². The van der Waals surface area contributed by atoms with Crippen LogP contribution < -0.4 is 5.32 Å². The molecule has 178 valence electrons. The number of carbonyl (C=O) groups is 3. The van der Waals surface area contributed by atoms with Crippen molar-refractivity contribution < 1.29 is 23.5 Å². The molecule has 1 heterocycles. The van der Waals surface area contributed by atoms with E-state index in [1.54, 1.807) is 25.4 Å². The third kappa shape index (κ3) is 6.74. The molecule has 34 heavy (non-hydrogen) atoms. The van der Waals surface area contributed by atoms with Crippen molar-refractivity contribution in [3.05, 3.63) is 71.1 Å². The molecule has 7 nitrogen and oxygen atoms in total. The number of aryl methyl sites for hydroxylation is 1. The smallest absolute Gasteiger partial charge is 0.412 e. The molecule has 0 aliphatic carbocycles. The highest BCUT2D eigenvalue weighted by Crippen LogP contribution is 2.21. The van der Waals surface area contributed by atoms with Crippen LogP contribution >= 0.6 is 11.6 Å². The van der Waals surface area contributed by atoms with E-state index in [-0.39, 0.29) is 36.8 Å². The van der Waals surface area contributed by atoms with E-state index in [0.717, 1.165) is 17.1 Å². The summed E-state index contributed by atoms with van der Waals surface area (Å²) in [6, 6.07) is 13.3. The second-order valence-electron chi connectivity index (χ2n) is 7.76. The van der Waals surface area contributed by atoms with E-state index in [4.69, 9.17) is 16.3 Å². The van der Waals surface area contributed by atoms with Gasteiger partial charge in [-0.15, -0.1) is 0 Å². The lowest BCUT2D eigenvalue weighted by Gasteiger charge is -2.27. The summed E-state index contributed by atoms with van der Waals surface area (Å²) in [4.78, 5) is 41.5. The van der Waals surface area contributed by atoms with Crippen molar-refractivity contribution >= 4 is 46.5 Å². The number of nitrogens with zero attached hydrogens (tertiary/aromatic N) is 2. The first-order valence-electron chi connectivity index (χ1n) is 10.8. The molecule has 0 spiro atoms. The zero-order chi connectivity index (χ0) is 24.5. The van der Waals surface area contributed by atoms with E-state index in [2.05, 4.69) is 10.3 Å². The van der Waals surface area contributed by atoms with Gasteiger partial charge in [-0.25, -0.2) is 14.2 Å². The number of anilines is 1. The van der Waals surface area contributed by atoms with Crippen molar-refractivity contribution in [2.24, 2.45) is 0 Å². The number of halogens is 2. The van der Waals surface area contributed by atoms with Gasteiger partial charge in [0.15, 0.2) is 0 Å². The molecule has 2 amide bonds. The van der Waals surface area contributed by atoms with Crippen molar-refractivity contribution in [2.75, 3.05) is 19.0 Å².